The molecule has 10 heteroatoms. The minimum atomic E-state index is -4.57. The summed E-state index contributed by atoms with van der Waals surface area (Å²) < 4.78 is 11.0. The maximum Gasteiger partial charge on any atom is 0.350 e. The van der Waals surface area contributed by atoms with E-state index in [1.807, 2.05) is 6.07 Å². The van der Waals surface area contributed by atoms with Crippen molar-refractivity contribution in [2.75, 3.05) is 0 Å². The Morgan fingerprint density at radius 1 is 1.35 bits per heavy atom. The van der Waals surface area contributed by atoms with E-state index in [1.165, 1.54) is 0 Å². The Bertz CT molecular complexity index is 587. The molecule has 0 radical (unpaired) electrons. The van der Waals surface area contributed by atoms with Crippen LogP contribution in [0.1, 0.15) is 12.0 Å². The molecule has 0 aliphatic heterocycles. The monoisotopic (exact) mass is 346 g/mol. The van der Waals surface area contributed by atoms with Gasteiger partial charge in [0.1, 0.15) is 6.04 Å². The number of carboxylic acids is 1. The number of aliphatic carboxylic acids is 1. The molecule has 0 amide bonds. The molecule has 1 aromatic carbocycles. The highest BCUT2D eigenvalue weighted by Crippen LogP contribution is 2.37. The van der Waals surface area contributed by atoms with E-state index >= 15 is 0 Å². The van der Waals surface area contributed by atoms with E-state index in [9.17, 15) is 14.5 Å². The van der Waals surface area contributed by atoms with Gasteiger partial charge in [0.15, 0.2) is 6.29 Å². The molecule has 1 unspecified atom stereocenters. The van der Waals surface area contributed by atoms with Gasteiger partial charge in [-0.1, -0.05) is 30.3 Å². The number of aliphatic hydroxyl groups excluding tert-OH is 1. The number of aliphatic hydroxyl groups is 1. The smallest absolute Gasteiger partial charge is 0.350 e. The molecule has 0 aromatic heterocycles. The molecule has 0 heterocycles. The number of carboxylic acid groups (broad SMARTS) is 1. The first kappa shape index (κ1) is 19.3. The molecule has 2 atom stereocenters. The highest BCUT2D eigenvalue weighted by Gasteiger charge is 2.19. The quantitative estimate of drug-likeness (QED) is 0.203. The van der Waals surface area contributed by atoms with Crippen LogP contribution in [0.3, 0.4) is 0 Å². The van der Waals surface area contributed by atoms with Crippen LogP contribution in [-0.4, -0.2) is 38.3 Å². The summed E-state index contributed by atoms with van der Waals surface area (Å²) in [6, 6.07) is 7.51. The van der Waals surface area contributed by atoms with Gasteiger partial charge in [-0.05, 0) is 5.56 Å². The second kappa shape index (κ2) is 8.78. The lowest BCUT2D eigenvalue weighted by Crippen LogP contribution is -2.34. The fourth-order valence-corrected chi connectivity index (χ4v) is 2.21. The summed E-state index contributed by atoms with van der Waals surface area (Å²) in [6.07, 6.45) is -1.58. The maximum absolute atomic E-state index is 11.0. The Hall–Kier alpha value is -1.74. The van der Waals surface area contributed by atoms with Crippen LogP contribution in [0, 0.1) is 0 Å². The van der Waals surface area contributed by atoms with Crippen molar-refractivity contribution < 1.29 is 34.2 Å². The summed E-state index contributed by atoms with van der Waals surface area (Å²) >= 11 is 0. The zero-order valence-corrected chi connectivity index (χ0v) is 13.0. The van der Waals surface area contributed by atoms with Crippen molar-refractivity contribution in [3.8, 4) is 0 Å². The number of benzene rings is 1. The van der Waals surface area contributed by atoms with Crippen molar-refractivity contribution in [2.24, 2.45) is 5.73 Å². The van der Waals surface area contributed by atoms with Gasteiger partial charge in [-0.3, -0.25) is 14.8 Å². The molecule has 0 aliphatic carbocycles. The van der Waals surface area contributed by atoms with Gasteiger partial charge in [-0.15, -0.1) is 0 Å². The number of carbonyl (C=O) groups is 1. The Labute approximate surface area is 132 Å². The first-order valence-electron chi connectivity index (χ1n) is 6.56. The molecule has 7 N–H and O–H groups in total. The number of hydroxylamine groups is 1. The van der Waals surface area contributed by atoms with Gasteiger partial charge < -0.3 is 25.7 Å². The molecular formula is C13H19N2O7P. The minimum absolute atomic E-state index is 0.127. The average molecular weight is 346 g/mol. The number of hydrogen-bond donors (Lipinski definition) is 6. The first-order valence-corrected chi connectivity index (χ1v) is 8.24. The molecular weight excluding hydrogens is 327 g/mol. The van der Waals surface area contributed by atoms with Crippen molar-refractivity contribution in [1.82, 2.24) is 5.48 Å². The lowest BCUT2D eigenvalue weighted by atomic mass is 10.1. The Morgan fingerprint density at radius 3 is 2.48 bits per heavy atom. The van der Waals surface area contributed by atoms with Crippen LogP contribution in [0.2, 0.25) is 0 Å². The van der Waals surface area contributed by atoms with Gasteiger partial charge in [-0.2, -0.15) is 0 Å². The molecule has 0 spiro atoms. The van der Waals surface area contributed by atoms with Gasteiger partial charge in [0, 0.05) is 24.4 Å². The third kappa shape index (κ3) is 8.46. The van der Waals surface area contributed by atoms with Crippen molar-refractivity contribution in [1.29, 1.82) is 0 Å². The van der Waals surface area contributed by atoms with Crippen LogP contribution in [0.5, 0.6) is 0 Å². The molecule has 9 nitrogen and oxygen atoms in total. The maximum atomic E-state index is 11.0. The summed E-state index contributed by atoms with van der Waals surface area (Å²) in [7, 11) is -4.57. The van der Waals surface area contributed by atoms with Crippen molar-refractivity contribution in [3.63, 3.8) is 0 Å². The van der Waals surface area contributed by atoms with E-state index in [-0.39, 0.29) is 12.1 Å². The second-order valence-corrected chi connectivity index (χ2v) is 6.19. The van der Waals surface area contributed by atoms with E-state index in [2.05, 4.69) is 5.48 Å². The molecule has 128 valence electrons. The highest BCUT2D eigenvalue weighted by atomic mass is 31.2. The van der Waals surface area contributed by atoms with Crippen LogP contribution in [0.15, 0.2) is 41.8 Å². The lowest BCUT2D eigenvalue weighted by molar-refractivity contribution is -0.140. The van der Waals surface area contributed by atoms with Crippen molar-refractivity contribution in [3.05, 3.63) is 47.4 Å². The SMILES string of the molecule is N[C@@H](CC(=CP(=O)(O)O)NOC(O)Cc1ccccc1)C(=O)O. The summed E-state index contributed by atoms with van der Waals surface area (Å²) in [5.41, 5.74) is 8.02. The van der Waals surface area contributed by atoms with Gasteiger partial charge >= 0.3 is 13.6 Å². The van der Waals surface area contributed by atoms with Crippen molar-refractivity contribution >= 4 is 13.6 Å². The van der Waals surface area contributed by atoms with Crippen LogP contribution in [-0.2, 0) is 20.6 Å². The zero-order chi connectivity index (χ0) is 17.5. The Balaban J connectivity index is 2.64. The molecule has 0 saturated heterocycles. The largest absolute Gasteiger partial charge is 0.480 e. The third-order valence-electron chi connectivity index (χ3n) is 2.66. The lowest BCUT2D eigenvalue weighted by Gasteiger charge is -2.17. The molecule has 1 aromatic rings. The van der Waals surface area contributed by atoms with E-state index in [1.54, 1.807) is 24.3 Å². The number of rotatable bonds is 9. The van der Waals surface area contributed by atoms with Crippen LogP contribution < -0.4 is 11.2 Å². The number of nitrogens with two attached hydrogens (primary N) is 1. The Kier molecular flexibility index (Phi) is 7.37. The fraction of sp³-hybridized carbons (Fsp3) is 0.308. The van der Waals surface area contributed by atoms with Gasteiger partial charge in [-0.25, -0.2) is 4.84 Å². The Morgan fingerprint density at radius 2 is 1.96 bits per heavy atom. The van der Waals surface area contributed by atoms with Gasteiger partial charge in [0.05, 0.1) is 0 Å². The standard InChI is InChI=1S/C13H19N2O7P/c14-11(13(17)18)7-10(8-23(19,20)21)15-22-12(16)6-9-4-2-1-3-5-9/h1-5,8,11-12,15-16H,6-7,14H2,(H,17,18)(H2,19,20,21)/t11-,12?/m0/s1. The molecule has 0 aliphatic rings. The molecule has 0 fully saturated rings. The van der Waals surface area contributed by atoms with E-state index < -0.39 is 32.3 Å². The van der Waals surface area contributed by atoms with Crippen LogP contribution >= 0.6 is 7.60 Å². The summed E-state index contributed by atoms with van der Waals surface area (Å²) in [6.45, 7) is 0. The molecule has 23 heavy (non-hydrogen) atoms. The molecule has 0 saturated carbocycles. The molecule has 1 rings (SSSR count). The minimum Gasteiger partial charge on any atom is -0.480 e. The highest BCUT2D eigenvalue weighted by molar-refractivity contribution is 7.55. The molecule has 0 bridgehead atoms. The summed E-state index contributed by atoms with van der Waals surface area (Å²) in [4.78, 5) is 33.5. The predicted molar refractivity (Wildman–Crippen MR) is 80.7 cm³/mol. The zero-order valence-electron chi connectivity index (χ0n) is 12.1. The summed E-state index contributed by atoms with van der Waals surface area (Å²) in [5.74, 6) is -0.835. The van der Waals surface area contributed by atoms with Gasteiger partial charge in [0.25, 0.3) is 0 Å². The topological polar surface area (TPSA) is 162 Å². The normalized spacial score (nSPS) is 15.0. The van der Waals surface area contributed by atoms with Crippen molar-refractivity contribution in [2.45, 2.75) is 25.2 Å². The fourth-order valence-electron chi connectivity index (χ4n) is 1.65. The van der Waals surface area contributed by atoms with Crippen LogP contribution in [0.25, 0.3) is 0 Å². The number of nitrogens with one attached hydrogen (secondary N) is 1. The predicted octanol–water partition coefficient (Wildman–Crippen LogP) is -0.110. The van der Waals surface area contributed by atoms with E-state index in [0.717, 1.165) is 5.56 Å². The van der Waals surface area contributed by atoms with E-state index in [4.69, 9.17) is 25.5 Å². The second-order valence-electron chi connectivity index (χ2n) is 4.76. The van der Waals surface area contributed by atoms with Crippen LogP contribution in [0.4, 0.5) is 0 Å². The first-order chi connectivity index (χ1) is 10.7. The van der Waals surface area contributed by atoms with Gasteiger partial charge in [0.2, 0.25) is 0 Å². The third-order valence-corrected chi connectivity index (χ3v) is 3.31. The summed E-state index contributed by atoms with van der Waals surface area (Å²) in [5, 5.41) is 18.5. The number of hydrogen-bond acceptors (Lipinski definition) is 6. The van der Waals surface area contributed by atoms with E-state index in [0.29, 0.717) is 5.82 Å². The average Bonchev–Trinajstić information content (AvgIpc) is 2.44.